The fraction of sp³-hybridized carbons (Fsp3) is 0.250. The quantitative estimate of drug-likeness (QED) is 0.301. The zero-order valence-corrected chi connectivity index (χ0v) is 15.5. The third kappa shape index (κ3) is 5.85. The summed E-state index contributed by atoms with van der Waals surface area (Å²) in [5.74, 6) is -0.185. The molecule has 0 aliphatic carbocycles. The monoisotopic (exact) mass is 368 g/mol. The standard InChI is InChI=1S/C20H24N4O3/c1-3-24(4-2)18(25)13-14-5-11-17(12-6-14)27-19(26)15-7-9-16(10-8-15)23-20(21)22/h5-12H,3-4,13H2,1-2H3,(H4,21,22,23). The predicted molar refractivity (Wildman–Crippen MR) is 105 cm³/mol. The Bertz CT molecular complexity index is 797. The number of likely N-dealkylation sites (N-methyl/N-ethyl adjacent to an activating group) is 1. The Morgan fingerprint density at radius 2 is 1.63 bits per heavy atom. The number of hydrogen-bond donors (Lipinski definition) is 3. The van der Waals surface area contributed by atoms with Gasteiger partial charge in [-0.25, -0.2) is 4.79 Å². The van der Waals surface area contributed by atoms with Gasteiger partial charge in [-0.05, 0) is 55.8 Å². The largest absolute Gasteiger partial charge is 0.423 e. The number of benzene rings is 2. The highest BCUT2D eigenvalue weighted by Gasteiger charge is 2.12. The van der Waals surface area contributed by atoms with Crippen molar-refractivity contribution in [3.05, 3.63) is 59.7 Å². The minimum absolute atomic E-state index is 0.0732. The number of guanidine groups is 1. The van der Waals surface area contributed by atoms with E-state index in [0.29, 0.717) is 36.5 Å². The smallest absolute Gasteiger partial charge is 0.343 e. The summed E-state index contributed by atoms with van der Waals surface area (Å²) in [5, 5.41) is 9.81. The highest BCUT2D eigenvalue weighted by atomic mass is 16.5. The molecule has 2 aromatic rings. The van der Waals surface area contributed by atoms with Gasteiger partial charge in [0.1, 0.15) is 5.75 Å². The molecule has 27 heavy (non-hydrogen) atoms. The molecule has 0 saturated heterocycles. The van der Waals surface area contributed by atoms with Gasteiger partial charge in [0.15, 0.2) is 5.96 Å². The lowest BCUT2D eigenvalue weighted by atomic mass is 10.1. The first-order valence-electron chi connectivity index (χ1n) is 8.73. The molecule has 2 aromatic carbocycles. The molecule has 0 aromatic heterocycles. The van der Waals surface area contributed by atoms with E-state index in [9.17, 15) is 9.59 Å². The van der Waals surface area contributed by atoms with Crippen LogP contribution < -0.4 is 15.8 Å². The number of esters is 1. The zero-order valence-electron chi connectivity index (χ0n) is 15.5. The van der Waals surface area contributed by atoms with Crippen molar-refractivity contribution < 1.29 is 14.3 Å². The van der Waals surface area contributed by atoms with E-state index in [2.05, 4.69) is 5.32 Å². The molecular formula is C20H24N4O3. The number of ether oxygens (including phenoxy) is 1. The fourth-order valence-corrected chi connectivity index (χ4v) is 2.55. The number of anilines is 1. The van der Waals surface area contributed by atoms with Crippen LogP contribution in [-0.4, -0.2) is 35.8 Å². The Hall–Kier alpha value is -3.35. The Morgan fingerprint density at radius 3 is 2.15 bits per heavy atom. The predicted octanol–water partition coefficient (Wildman–Crippen LogP) is 2.62. The van der Waals surface area contributed by atoms with Crippen LogP contribution in [0.2, 0.25) is 0 Å². The van der Waals surface area contributed by atoms with Crippen molar-refractivity contribution in [1.29, 1.82) is 5.41 Å². The van der Waals surface area contributed by atoms with Gasteiger partial charge < -0.3 is 20.7 Å². The summed E-state index contributed by atoms with van der Waals surface area (Å²) in [6.45, 7) is 5.27. The van der Waals surface area contributed by atoms with Crippen LogP contribution in [0.3, 0.4) is 0 Å². The number of nitrogens with one attached hydrogen (secondary N) is 2. The third-order valence-corrected chi connectivity index (χ3v) is 4.01. The van der Waals surface area contributed by atoms with Crippen LogP contribution in [0.15, 0.2) is 48.5 Å². The highest BCUT2D eigenvalue weighted by Crippen LogP contribution is 2.16. The summed E-state index contributed by atoms with van der Waals surface area (Å²) in [6, 6.07) is 13.4. The van der Waals surface area contributed by atoms with Crippen molar-refractivity contribution in [1.82, 2.24) is 4.90 Å². The van der Waals surface area contributed by atoms with Gasteiger partial charge in [0.2, 0.25) is 5.91 Å². The number of nitrogens with zero attached hydrogens (tertiary/aromatic N) is 1. The van der Waals surface area contributed by atoms with Crippen LogP contribution in [0.4, 0.5) is 5.69 Å². The zero-order chi connectivity index (χ0) is 19.8. The summed E-state index contributed by atoms with van der Waals surface area (Å²) in [7, 11) is 0. The lowest BCUT2D eigenvalue weighted by Crippen LogP contribution is -2.31. The second kappa shape index (κ2) is 9.38. The average Bonchev–Trinajstić information content (AvgIpc) is 2.64. The molecule has 0 atom stereocenters. The maximum absolute atomic E-state index is 12.2. The Labute approximate surface area is 158 Å². The van der Waals surface area contributed by atoms with Crippen LogP contribution in [0.1, 0.15) is 29.8 Å². The van der Waals surface area contributed by atoms with Crippen LogP contribution in [0.5, 0.6) is 5.75 Å². The summed E-state index contributed by atoms with van der Waals surface area (Å²) >= 11 is 0. The molecule has 0 unspecified atom stereocenters. The van der Waals surface area contributed by atoms with Gasteiger partial charge in [-0.15, -0.1) is 0 Å². The van der Waals surface area contributed by atoms with Crippen molar-refractivity contribution in [3.8, 4) is 5.75 Å². The normalized spacial score (nSPS) is 10.1. The molecule has 0 aliphatic rings. The molecule has 0 bridgehead atoms. The van der Waals surface area contributed by atoms with Crippen LogP contribution in [0, 0.1) is 5.41 Å². The number of carbonyl (C=O) groups is 2. The van der Waals surface area contributed by atoms with E-state index in [4.69, 9.17) is 15.9 Å². The molecule has 0 spiro atoms. The van der Waals surface area contributed by atoms with E-state index >= 15 is 0 Å². The van der Waals surface area contributed by atoms with Crippen molar-refractivity contribution in [2.45, 2.75) is 20.3 Å². The van der Waals surface area contributed by atoms with E-state index in [1.165, 1.54) is 0 Å². The van der Waals surface area contributed by atoms with Crippen molar-refractivity contribution in [2.24, 2.45) is 5.73 Å². The summed E-state index contributed by atoms with van der Waals surface area (Å²) in [5.41, 5.74) is 7.11. The average molecular weight is 368 g/mol. The van der Waals surface area contributed by atoms with Crippen molar-refractivity contribution in [3.63, 3.8) is 0 Å². The first kappa shape index (κ1) is 20.0. The number of hydrogen-bond acceptors (Lipinski definition) is 4. The van der Waals surface area contributed by atoms with E-state index < -0.39 is 5.97 Å². The lowest BCUT2D eigenvalue weighted by molar-refractivity contribution is -0.130. The van der Waals surface area contributed by atoms with Gasteiger partial charge in [0.05, 0.1) is 12.0 Å². The Balaban J connectivity index is 1.96. The first-order valence-corrected chi connectivity index (χ1v) is 8.73. The maximum atomic E-state index is 12.2. The van der Waals surface area contributed by atoms with Gasteiger partial charge >= 0.3 is 5.97 Å². The van der Waals surface area contributed by atoms with Gasteiger partial charge in [-0.3, -0.25) is 10.2 Å². The first-order chi connectivity index (χ1) is 12.9. The van der Waals surface area contributed by atoms with E-state index in [0.717, 1.165) is 5.56 Å². The number of nitrogens with two attached hydrogens (primary N) is 1. The topological polar surface area (TPSA) is 109 Å². The van der Waals surface area contributed by atoms with Crippen LogP contribution in [-0.2, 0) is 11.2 Å². The molecule has 4 N–H and O–H groups in total. The molecule has 7 heteroatoms. The van der Waals surface area contributed by atoms with E-state index in [1.54, 1.807) is 53.4 Å². The Morgan fingerprint density at radius 1 is 1.04 bits per heavy atom. The highest BCUT2D eigenvalue weighted by molar-refractivity contribution is 5.93. The lowest BCUT2D eigenvalue weighted by Gasteiger charge is -2.18. The maximum Gasteiger partial charge on any atom is 0.343 e. The third-order valence-electron chi connectivity index (χ3n) is 4.01. The van der Waals surface area contributed by atoms with Crippen molar-refractivity contribution in [2.75, 3.05) is 18.4 Å². The molecule has 7 nitrogen and oxygen atoms in total. The molecule has 0 aliphatic heterocycles. The summed E-state index contributed by atoms with van der Waals surface area (Å²) < 4.78 is 5.35. The minimum atomic E-state index is -0.489. The van der Waals surface area contributed by atoms with Gasteiger partial charge in [0, 0.05) is 18.8 Å². The SMILES string of the molecule is CCN(CC)C(=O)Cc1ccc(OC(=O)c2ccc(NC(=N)N)cc2)cc1. The van der Waals surface area contributed by atoms with Gasteiger partial charge in [-0.2, -0.15) is 0 Å². The number of carbonyl (C=O) groups excluding carboxylic acids is 2. The Kier molecular flexibility index (Phi) is 6.93. The second-order valence-corrected chi connectivity index (χ2v) is 5.89. The van der Waals surface area contributed by atoms with E-state index in [-0.39, 0.29) is 11.9 Å². The molecule has 142 valence electrons. The number of rotatable bonds is 7. The molecule has 2 rings (SSSR count). The molecule has 0 fully saturated rings. The molecule has 0 heterocycles. The molecule has 0 radical (unpaired) electrons. The molecule has 0 saturated carbocycles. The van der Waals surface area contributed by atoms with Crippen LogP contribution in [0.25, 0.3) is 0 Å². The van der Waals surface area contributed by atoms with Crippen LogP contribution >= 0.6 is 0 Å². The second-order valence-electron chi connectivity index (χ2n) is 5.89. The van der Waals surface area contributed by atoms with E-state index in [1.807, 2.05) is 13.8 Å². The molecule has 1 amide bonds. The molecular weight excluding hydrogens is 344 g/mol. The minimum Gasteiger partial charge on any atom is -0.423 e. The fourth-order valence-electron chi connectivity index (χ4n) is 2.55. The summed E-state index contributed by atoms with van der Waals surface area (Å²) in [6.07, 6.45) is 0.320. The summed E-state index contributed by atoms with van der Waals surface area (Å²) in [4.78, 5) is 26.1. The number of amides is 1. The van der Waals surface area contributed by atoms with Gasteiger partial charge in [0.25, 0.3) is 0 Å². The van der Waals surface area contributed by atoms with Crippen molar-refractivity contribution >= 4 is 23.5 Å². The van der Waals surface area contributed by atoms with Gasteiger partial charge in [-0.1, -0.05) is 12.1 Å².